The van der Waals surface area contributed by atoms with E-state index in [2.05, 4.69) is 4.74 Å². The molecule has 0 aromatic rings. The van der Waals surface area contributed by atoms with Gasteiger partial charge in [0, 0.05) is 0 Å². The first-order valence-corrected chi connectivity index (χ1v) is 6.91. The monoisotopic (exact) mass is 245 g/mol. The van der Waals surface area contributed by atoms with Crippen LogP contribution in [0.15, 0.2) is 11.6 Å². The third kappa shape index (κ3) is 1.84. The summed E-state index contributed by atoms with van der Waals surface area (Å²) < 4.78 is 4.67. The van der Waals surface area contributed by atoms with E-state index >= 15 is 0 Å². The highest BCUT2D eigenvalue weighted by atomic mass is 16.5. The predicted molar refractivity (Wildman–Crippen MR) is 66.2 cm³/mol. The van der Waals surface area contributed by atoms with Gasteiger partial charge in [-0.1, -0.05) is 6.08 Å². The molecule has 0 radical (unpaired) electrons. The van der Waals surface area contributed by atoms with Gasteiger partial charge in [-0.2, -0.15) is 5.26 Å². The van der Waals surface area contributed by atoms with Gasteiger partial charge in [-0.05, 0) is 61.7 Å². The van der Waals surface area contributed by atoms with Crippen LogP contribution in [0.3, 0.4) is 0 Å². The smallest absolute Gasteiger partial charge is 0.348 e. The van der Waals surface area contributed by atoms with E-state index in [-0.39, 0.29) is 5.57 Å². The minimum absolute atomic E-state index is 0.204. The predicted octanol–water partition coefficient (Wildman–Crippen LogP) is 2.68. The van der Waals surface area contributed by atoms with Gasteiger partial charge >= 0.3 is 5.97 Å². The summed E-state index contributed by atoms with van der Waals surface area (Å²) in [6.07, 6.45) is 8.54. The highest BCUT2D eigenvalue weighted by molar-refractivity contribution is 5.92. The van der Waals surface area contributed by atoms with Crippen molar-refractivity contribution in [2.75, 3.05) is 7.11 Å². The van der Waals surface area contributed by atoms with Crippen LogP contribution in [-0.4, -0.2) is 13.1 Å². The molecule has 0 N–H and O–H groups in total. The molecule has 96 valence electrons. The lowest BCUT2D eigenvalue weighted by Crippen LogP contribution is -2.44. The molecular formula is C15H19NO2. The quantitative estimate of drug-likeness (QED) is 0.427. The molecule has 0 unspecified atom stereocenters. The number of methoxy groups -OCH3 is 1. The van der Waals surface area contributed by atoms with Gasteiger partial charge in [0.05, 0.1) is 7.11 Å². The van der Waals surface area contributed by atoms with Crippen molar-refractivity contribution >= 4 is 5.97 Å². The zero-order valence-electron chi connectivity index (χ0n) is 10.8. The molecule has 4 aliphatic carbocycles. The Morgan fingerprint density at radius 2 is 1.72 bits per heavy atom. The molecule has 3 heteroatoms. The van der Waals surface area contributed by atoms with Gasteiger partial charge in [0.2, 0.25) is 0 Å². The maximum Gasteiger partial charge on any atom is 0.348 e. The van der Waals surface area contributed by atoms with Gasteiger partial charge in [-0.15, -0.1) is 0 Å². The number of ether oxygens (including phenoxy) is 1. The molecule has 0 aromatic heterocycles. The lowest BCUT2D eigenvalue weighted by molar-refractivity contribution is -0.135. The average Bonchev–Trinajstić information content (AvgIpc) is 2.36. The summed E-state index contributed by atoms with van der Waals surface area (Å²) in [6, 6.07) is 2.00. The number of esters is 1. The standard InChI is InChI=1S/C15H19NO2/c1-18-15(17)13(8-16)7-14-11-3-9-2-10(5-11)6-12(14)4-9/h7,9-12,14H,2-6H2,1H3/b13-7+. The molecule has 0 aliphatic heterocycles. The molecule has 0 aromatic carbocycles. The second kappa shape index (κ2) is 4.42. The van der Waals surface area contributed by atoms with E-state index < -0.39 is 5.97 Å². The van der Waals surface area contributed by atoms with Crippen LogP contribution in [-0.2, 0) is 9.53 Å². The Kier molecular flexibility index (Phi) is 2.89. The number of carbonyl (C=O) groups excluding carboxylic acids is 1. The van der Waals surface area contributed by atoms with Crippen molar-refractivity contribution in [3.05, 3.63) is 11.6 Å². The van der Waals surface area contributed by atoms with Crippen LogP contribution in [0.5, 0.6) is 0 Å². The number of nitrogens with zero attached hydrogens (tertiary/aromatic N) is 1. The van der Waals surface area contributed by atoms with Crippen LogP contribution in [0.25, 0.3) is 0 Å². The van der Waals surface area contributed by atoms with E-state index in [1.54, 1.807) is 0 Å². The third-order valence-corrected chi connectivity index (χ3v) is 5.18. The summed E-state index contributed by atoms with van der Waals surface area (Å²) in [5, 5.41) is 9.06. The Labute approximate surface area is 108 Å². The fourth-order valence-electron chi connectivity index (χ4n) is 4.69. The highest BCUT2D eigenvalue weighted by Gasteiger charge is 2.47. The van der Waals surface area contributed by atoms with Crippen LogP contribution < -0.4 is 0 Å². The minimum atomic E-state index is -0.480. The maximum absolute atomic E-state index is 11.5. The Hall–Kier alpha value is -1.30. The molecule has 0 spiro atoms. The molecule has 4 bridgehead atoms. The van der Waals surface area contributed by atoms with Crippen LogP contribution in [0.2, 0.25) is 0 Å². The molecule has 18 heavy (non-hydrogen) atoms. The highest BCUT2D eigenvalue weighted by Crippen LogP contribution is 2.57. The Morgan fingerprint density at radius 1 is 1.17 bits per heavy atom. The van der Waals surface area contributed by atoms with Crippen molar-refractivity contribution < 1.29 is 9.53 Å². The summed E-state index contributed by atoms with van der Waals surface area (Å²) >= 11 is 0. The van der Waals surface area contributed by atoms with Crippen LogP contribution in [0.4, 0.5) is 0 Å². The number of rotatable bonds is 2. The number of allylic oxidation sites excluding steroid dienone is 1. The van der Waals surface area contributed by atoms with Crippen molar-refractivity contribution in [1.82, 2.24) is 0 Å². The molecule has 4 saturated carbocycles. The molecule has 4 aliphatic rings. The minimum Gasteiger partial charge on any atom is -0.465 e. The summed E-state index contributed by atoms with van der Waals surface area (Å²) in [5.74, 6) is 3.20. The van der Waals surface area contributed by atoms with Gasteiger partial charge in [-0.3, -0.25) is 0 Å². The Morgan fingerprint density at radius 3 is 2.17 bits per heavy atom. The van der Waals surface area contributed by atoms with Crippen LogP contribution >= 0.6 is 0 Å². The van der Waals surface area contributed by atoms with Crippen LogP contribution in [0, 0.1) is 40.9 Å². The second-order valence-electron chi connectivity index (χ2n) is 6.19. The van der Waals surface area contributed by atoms with Crippen molar-refractivity contribution in [3.8, 4) is 6.07 Å². The van der Waals surface area contributed by atoms with E-state index in [0.717, 1.165) is 11.8 Å². The molecule has 4 rings (SSSR count). The summed E-state index contributed by atoms with van der Waals surface area (Å²) in [4.78, 5) is 11.5. The lowest BCUT2D eigenvalue weighted by atomic mass is 9.52. The van der Waals surface area contributed by atoms with Gasteiger partial charge < -0.3 is 4.74 Å². The van der Waals surface area contributed by atoms with Crippen molar-refractivity contribution in [2.24, 2.45) is 29.6 Å². The third-order valence-electron chi connectivity index (χ3n) is 5.18. The van der Waals surface area contributed by atoms with Gasteiger partial charge in [0.15, 0.2) is 0 Å². The van der Waals surface area contributed by atoms with Gasteiger partial charge in [0.25, 0.3) is 0 Å². The molecule has 0 heterocycles. The first-order chi connectivity index (χ1) is 8.71. The van der Waals surface area contributed by atoms with Crippen LogP contribution in [0.1, 0.15) is 32.1 Å². The summed E-state index contributed by atoms with van der Waals surface area (Å²) in [6.45, 7) is 0. The fraction of sp³-hybridized carbons (Fsp3) is 0.733. The summed E-state index contributed by atoms with van der Waals surface area (Å²) in [7, 11) is 1.34. The van der Waals surface area contributed by atoms with Gasteiger partial charge in [0.1, 0.15) is 11.6 Å². The largest absolute Gasteiger partial charge is 0.465 e. The molecule has 0 amide bonds. The topological polar surface area (TPSA) is 50.1 Å². The zero-order chi connectivity index (χ0) is 12.7. The Bertz CT molecular complexity index is 404. The van der Waals surface area contributed by atoms with Crippen molar-refractivity contribution in [3.63, 3.8) is 0 Å². The van der Waals surface area contributed by atoms with E-state index in [4.69, 9.17) is 5.26 Å². The van der Waals surface area contributed by atoms with E-state index in [1.165, 1.54) is 39.2 Å². The Balaban J connectivity index is 1.83. The number of hydrogen-bond acceptors (Lipinski definition) is 3. The number of nitriles is 1. The molecular weight excluding hydrogens is 226 g/mol. The normalized spacial score (nSPS) is 41.6. The first-order valence-electron chi connectivity index (χ1n) is 6.91. The fourth-order valence-corrected chi connectivity index (χ4v) is 4.69. The lowest BCUT2D eigenvalue weighted by Gasteiger charge is -2.53. The summed E-state index contributed by atoms with van der Waals surface area (Å²) in [5.41, 5.74) is 0.204. The first kappa shape index (κ1) is 11.8. The molecule has 0 atom stereocenters. The van der Waals surface area contributed by atoms with Crippen molar-refractivity contribution in [2.45, 2.75) is 32.1 Å². The zero-order valence-corrected chi connectivity index (χ0v) is 10.8. The number of carbonyl (C=O) groups is 1. The molecule has 3 nitrogen and oxygen atoms in total. The SMILES string of the molecule is COC(=O)/C(C#N)=C/C1C2CC3CC(C2)CC1C3. The molecule has 4 fully saturated rings. The van der Waals surface area contributed by atoms with E-state index in [1.807, 2.05) is 12.1 Å². The average molecular weight is 245 g/mol. The van der Waals surface area contributed by atoms with E-state index in [9.17, 15) is 4.79 Å². The maximum atomic E-state index is 11.5. The molecule has 0 saturated heterocycles. The number of hydrogen-bond donors (Lipinski definition) is 0. The second-order valence-corrected chi connectivity index (χ2v) is 6.19. The van der Waals surface area contributed by atoms with E-state index in [0.29, 0.717) is 17.8 Å². The van der Waals surface area contributed by atoms with Gasteiger partial charge in [-0.25, -0.2) is 4.79 Å². The van der Waals surface area contributed by atoms with Crippen molar-refractivity contribution in [1.29, 1.82) is 5.26 Å².